The molecule has 3 N–H and O–H groups in total. The fourth-order valence-electron chi connectivity index (χ4n) is 1.58. The molecule has 0 unspecified atom stereocenters. The van der Waals surface area contributed by atoms with E-state index in [2.05, 4.69) is 25.7 Å². The van der Waals surface area contributed by atoms with Gasteiger partial charge in [-0.05, 0) is 27.2 Å². The van der Waals surface area contributed by atoms with Crippen LogP contribution in [-0.2, 0) is 0 Å². The molecule has 12 heavy (non-hydrogen) atoms. The molecule has 0 aromatic carbocycles. The molecule has 1 aliphatic heterocycles. The van der Waals surface area contributed by atoms with Crippen LogP contribution in [-0.4, -0.2) is 40.8 Å². The Hall–Kier alpha value is -0.120. The van der Waals surface area contributed by atoms with Gasteiger partial charge in [-0.1, -0.05) is 0 Å². The minimum atomic E-state index is -0.302. The molecular weight excluding hydrogens is 152 g/mol. The molecule has 0 spiro atoms. The SMILES string of the molecule is CC(C)(C)N1CC[C@H](O)[C@H](N)C1. The van der Waals surface area contributed by atoms with Crippen molar-refractivity contribution in [1.29, 1.82) is 0 Å². The van der Waals surface area contributed by atoms with E-state index in [0.29, 0.717) is 0 Å². The highest BCUT2D eigenvalue weighted by Gasteiger charge is 2.30. The standard InChI is InChI=1S/C9H20N2O/c1-9(2,3)11-5-4-8(12)7(10)6-11/h7-8,12H,4-6,10H2,1-3H3/t7-,8+/m1/s1. The second kappa shape index (κ2) is 3.32. The van der Waals surface area contributed by atoms with Gasteiger partial charge in [0.1, 0.15) is 0 Å². The van der Waals surface area contributed by atoms with Crippen LogP contribution in [0.1, 0.15) is 27.2 Å². The molecule has 1 rings (SSSR count). The second-order valence-corrected chi connectivity index (χ2v) is 4.64. The topological polar surface area (TPSA) is 49.5 Å². The molecule has 1 aliphatic rings. The van der Waals surface area contributed by atoms with Gasteiger partial charge in [0.2, 0.25) is 0 Å². The summed E-state index contributed by atoms with van der Waals surface area (Å²) < 4.78 is 0. The lowest BCUT2D eigenvalue weighted by Crippen LogP contribution is -2.56. The maximum Gasteiger partial charge on any atom is 0.0715 e. The Kier molecular flexibility index (Phi) is 2.76. The van der Waals surface area contributed by atoms with Crippen LogP contribution in [0.5, 0.6) is 0 Å². The van der Waals surface area contributed by atoms with Gasteiger partial charge in [-0.15, -0.1) is 0 Å². The highest BCUT2D eigenvalue weighted by atomic mass is 16.3. The van der Waals surface area contributed by atoms with Gasteiger partial charge in [0.05, 0.1) is 6.10 Å². The van der Waals surface area contributed by atoms with Gasteiger partial charge in [0.15, 0.2) is 0 Å². The summed E-state index contributed by atoms with van der Waals surface area (Å²) in [6, 6.07) is -0.0713. The molecule has 3 nitrogen and oxygen atoms in total. The summed E-state index contributed by atoms with van der Waals surface area (Å²) in [4.78, 5) is 2.32. The van der Waals surface area contributed by atoms with Crippen LogP contribution in [0, 0.1) is 0 Å². The van der Waals surface area contributed by atoms with E-state index in [4.69, 9.17) is 5.73 Å². The van der Waals surface area contributed by atoms with E-state index in [1.54, 1.807) is 0 Å². The van der Waals surface area contributed by atoms with Crippen LogP contribution in [0.25, 0.3) is 0 Å². The number of hydrogen-bond acceptors (Lipinski definition) is 3. The van der Waals surface area contributed by atoms with Crippen LogP contribution in [0.3, 0.4) is 0 Å². The van der Waals surface area contributed by atoms with Crippen molar-refractivity contribution < 1.29 is 5.11 Å². The fraction of sp³-hybridized carbons (Fsp3) is 1.00. The van der Waals surface area contributed by atoms with Crippen molar-refractivity contribution in [2.45, 2.75) is 44.9 Å². The zero-order valence-corrected chi connectivity index (χ0v) is 8.25. The van der Waals surface area contributed by atoms with Gasteiger partial charge >= 0.3 is 0 Å². The van der Waals surface area contributed by atoms with Crippen molar-refractivity contribution in [3.63, 3.8) is 0 Å². The minimum Gasteiger partial charge on any atom is -0.391 e. The van der Waals surface area contributed by atoms with Crippen LogP contribution >= 0.6 is 0 Å². The molecule has 0 saturated carbocycles. The molecule has 1 saturated heterocycles. The first-order chi connectivity index (χ1) is 5.41. The molecule has 0 bridgehead atoms. The van der Waals surface area contributed by atoms with Crippen molar-refractivity contribution in [2.24, 2.45) is 5.73 Å². The summed E-state index contributed by atoms with van der Waals surface area (Å²) in [5.41, 5.74) is 5.95. The van der Waals surface area contributed by atoms with E-state index in [1.807, 2.05) is 0 Å². The molecule has 3 heteroatoms. The largest absolute Gasteiger partial charge is 0.391 e. The number of aliphatic hydroxyl groups is 1. The van der Waals surface area contributed by atoms with Crippen molar-refractivity contribution >= 4 is 0 Å². The summed E-state index contributed by atoms with van der Waals surface area (Å²) >= 11 is 0. The third kappa shape index (κ3) is 2.19. The third-order valence-electron chi connectivity index (χ3n) is 2.57. The Morgan fingerprint density at radius 3 is 2.42 bits per heavy atom. The zero-order chi connectivity index (χ0) is 9.35. The second-order valence-electron chi connectivity index (χ2n) is 4.64. The molecule has 72 valence electrons. The van der Waals surface area contributed by atoms with E-state index in [-0.39, 0.29) is 17.7 Å². The highest BCUT2D eigenvalue weighted by molar-refractivity contribution is 4.88. The molecule has 0 aliphatic carbocycles. The smallest absolute Gasteiger partial charge is 0.0715 e. The Morgan fingerprint density at radius 1 is 1.42 bits per heavy atom. The highest BCUT2D eigenvalue weighted by Crippen LogP contribution is 2.19. The lowest BCUT2D eigenvalue weighted by molar-refractivity contribution is 0.0219. The predicted octanol–water partition coefficient (Wildman–Crippen LogP) is 0.179. The first kappa shape index (κ1) is 9.96. The Bertz CT molecular complexity index is 153. The quantitative estimate of drug-likeness (QED) is 0.548. The van der Waals surface area contributed by atoms with Crippen molar-refractivity contribution in [1.82, 2.24) is 4.90 Å². The van der Waals surface area contributed by atoms with Crippen molar-refractivity contribution in [3.05, 3.63) is 0 Å². The van der Waals surface area contributed by atoms with Gasteiger partial charge < -0.3 is 10.8 Å². The molecule has 0 amide bonds. The third-order valence-corrected chi connectivity index (χ3v) is 2.57. The van der Waals surface area contributed by atoms with Gasteiger partial charge in [0, 0.05) is 24.7 Å². The molecule has 1 heterocycles. The van der Waals surface area contributed by atoms with E-state index < -0.39 is 0 Å². The first-order valence-electron chi connectivity index (χ1n) is 4.60. The number of aliphatic hydroxyl groups excluding tert-OH is 1. The van der Waals surface area contributed by atoms with Crippen LogP contribution in [0.2, 0.25) is 0 Å². The van der Waals surface area contributed by atoms with E-state index in [9.17, 15) is 5.11 Å². The van der Waals surface area contributed by atoms with Gasteiger partial charge in [-0.25, -0.2) is 0 Å². The molecule has 0 radical (unpaired) electrons. The predicted molar refractivity (Wildman–Crippen MR) is 49.9 cm³/mol. The fourth-order valence-corrected chi connectivity index (χ4v) is 1.58. The van der Waals surface area contributed by atoms with Crippen LogP contribution in [0.4, 0.5) is 0 Å². The number of rotatable bonds is 0. The van der Waals surface area contributed by atoms with Crippen LogP contribution in [0.15, 0.2) is 0 Å². The lowest BCUT2D eigenvalue weighted by Gasteiger charge is -2.42. The monoisotopic (exact) mass is 172 g/mol. The summed E-state index contributed by atoms with van der Waals surface area (Å²) in [5.74, 6) is 0. The van der Waals surface area contributed by atoms with Gasteiger partial charge in [-0.2, -0.15) is 0 Å². The Balaban J connectivity index is 2.51. The van der Waals surface area contributed by atoms with Crippen molar-refractivity contribution in [3.8, 4) is 0 Å². The summed E-state index contributed by atoms with van der Waals surface area (Å²) in [5, 5.41) is 9.41. The molecule has 1 fully saturated rings. The normalized spacial score (nSPS) is 33.8. The van der Waals surface area contributed by atoms with Gasteiger partial charge in [0.25, 0.3) is 0 Å². The van der Waals surface area contributed by atoms with Crippen LogP contribution < -0.4 is 5.73 Å². The average molecular weight is 172 g/mol. The average Bonchev–Trinajstić information content (AvgIpc) is 1.92. The molecule has 0 aromatic rings. The summed E-state index contributed by atoms with van der Waals surface area (Å²) in [7, 11) is 0. The molecule has 2 atom stereocenters. The Labute approximate surface area is 74.5 Å². The van der Waals surface area contributed by atoms with Crippen molar-refractivity contribution in [2.75, 3.05) is 13.1 Å². The molecular formula is C9H20N2O. The first-order valence-corrected chi connectivity index (χ1v) is 4.60. The Morgan fingerprint density at radius 2 is 2.00 bits per heavy atom. The van der Waals surface area contributed by atoms with E-state index in [0.717, 1.165) is 19.5 Å². The maximum atomic E-state index is 9.41. The number of nitrogens with zero attached hydrogens (tertiary/aromatic N) is 1. The minimum absolute atomic E-state index is 0.0713. The lowest BCUT2D eigenvalue weighted by atomic mass is 9.97. The summed E-state index contributed by atoms with van der Waals surface area (Å²) in [6.45, 7) is 8.30. The number of piperidine rings is 1. The number of likely N-dealkylation sites (tertiary alicyclic amines) is 1. The molecule has 0 aromatic heterocycles. The number of hydrogen-bond donors (Lipinski definition) is 2. The summed E-state index contributed by atoms with van der Waals surface area (Å²) in [6.07, 6.45) is 0.502. The van der Waals surface area contributed by atoms with Gasteiger partial charge in [-0.3, -0.25) is 4.90 Å². The van der Waals surface area contributed by atoms with E-state index >= 15 is 0 Å². The number of nitrogens with two attached hydrogens (primary N) is 1. The maximum absolute atomic E-state index is 9.41. The van der Waals surface area contributed by atoms with E-state index in [1.165, 1.54) is 0 Å². The zero-order valence-electron chi connectivity index (χ0n) is 8.25.